The van der Waals surface area contributed by atoms with Gasteiger partial charge in [-0.25, -0.2) is 8.78 Å². The zero-order valence-electron chi connectivity index (χ0n) is 10.7. The summed E-state index contributed by atoms with van der Waals surface area (Å²) in [4.78, 5) is 11.6. The molecule has 0 aromatic heterocycles. The van der Waals surface area contributed by atoms with Crippen molar-refractivity contribution in [2.75, 3.05) is 0 Å². The molecule has 0 aliphatic heterocycles. The second-order valence-electron chi connectivity index (χ2n) is 5.06. The molecule has 0 fully saturated rings. The van der Waals surface area contributed by atoms with Crippen molar-refractivity contribution < 1.29 is 18.3 Å². The lowest BCUT2D eigenvalue weighted by molar-refractivity contribution is -0.156. The van der Waals surface area contributed by atoms with Crippen molar-refractivity contribution in [1.82, 2.24) is 0 Å². The monoisotopic (exact) mass is 257 g/mol. The highest BCUT2D eigenvalue weighted by Gasteiger charge is 2.23. The van der Waals surface area contributed by atoms with Crippen molar-refractivity contribution in [1.29, 1.82) is 0 Å². The van der Waals surface area contributed by atoms with Crippen LogP contribution >= 0.6 is 0 Å². The van der Waals surface area contributed by atoms with Gasteiger partial charge in [0.15, 0.2) is 11.6 Å². The Morgan fingerprint density at radius 3 is 2.56 bits per heavy atom. The van der Waals surface area contributed by atoms with Crippen LogP contribution in [0, 0.1) is 11.6 Å². The van der Waals surface area contributed by atoms with E-state index in [4.69, 9.17) is 10.5 Å². The van der Waals surface area contributed by atoms with E-state index < -0.39 is 29.2 Å². The van der Waals surface area contributed by atoms with Crippen LogP contribution in [0.3, 0.4) is 0 Å². The SMILES string of the molecule is CC(C)(C)OC(=O)[C@@H](N)Cc1cccc(F)c1F. The number of hydrogen-bond donors (Lipinski definition) is 1. The van der Waals surface area contributed by atoms with Gasteiger partial charge in [-0.1, -0.05) is 12.1 Å². The van der Waals surface area contributed by atoms with Crippen LogP contribution in [0.15, 0.2) is 18.2 Å². The van der Waals surface area contributed by atoms with Gasteiger partial charge in [0.25, 0.3) is 0 Å². The third-order valence-electron chi connectivity index (χ3n) is 2.18. The minimum atomic E-state index is -1.01. The molecule has 0 saturated heterocycles. The fourth-order valence-electron chi connectivity index (χ4n) is 1.40. The molecule has 2 N–H and O–H groups in total. The lowest BCUT2D eigenvalue weighted by Crippen LogP contribution is -2.39. The van der Waals surface area contributed by atoms with Gasteiger partial charge in [0.2, 0.25) is 0 Å². The third kappa shape index (κ3) is 4.07. The van der Waals surface area contributed by atoms with Gasteiger partial charge in [-0.05, 0) is 32.4 Å². The van der Waals surface area contributed by atoms with E-state index in [1.54, 1.807) is 20.8 Å². The molecule has 0 unspecified atom stereocenters. The summed E-state index contributed by atoms with van der Waals surface area (Å²) >= 11 is 0. The van der Waals surface area contributed by atoms with Crippen LogP contribution in [-0.4, -0.2) is 17.6 Å². The Morgan fingerprint density at radius 1 is 1.39 bits per heavy atom. The van der Waals surface area contributed by atoms with Crippen LogP contribution in [0.4, 0.5) is 8.78 Å². The molecule has 18 heavy (non-hydrogen) atoms. The molecule has 0 bridgehead atoms. The van der Waals surface area contributed by atoms with Gasteiger partial charge in [0.05, 0.1) is 0 Å². The smallest absolute Gasteiger partial charge is 0.323 e. The van der Waals surface area contributed by atoms with E-state index >= 15 is 0 Å². The summed E-state index contributed by atoms with van der Waals surface area (Å²) in [7, 11) is 0. The summed E-state index contributed by atoms with van der Waals surface area (Å²) in [6, 6.07) is 2.76. The molecule has 5 heteroatoms. The largest absolute Gasteiger partial charge is 0.459 e. The van der Waals surface area contributed by atoms with Gasteiger partial charge >= 0.3 is 5.97 Å². The number of carbonyl (C=O) groups excluding carboxylic acids is 1. The summed E-state index contributed by atoms with van der Waals surface area (Å²) in [6.45, 7) is 5.13. The molecule has 0 heterocycles. The lowest BCUT2D eigenvalue weighted by Gasteiger charge is -2.22. The number of carbonyl (C=O) groups is 1. The normalized spacial score (nSPS) is 13.2. The standard InChI is InChI=1S/C13H17F2NO2/c1-13(2,3)18-12(17)10(16)7-8-5-4-6-9(14)11(8)15/h4-6,10H,7,16H2,1-3H3/t10-/m0/s1. The second kappa shape index (κ2) is 5.44. The number of rotatable bonds is 3. The molecule has 0 aliphatic rings. The van der Waals surface area contributed by atoms with Crippen molar-refractivity contribution in [2.45, 2.75) is 38.8 Å². The van der Waals surface area contributed by atoms with Crippen LogP contribution in [0.25, 0.3) is 0 Å². The van der Waals surface area contributed by atoms with Gasteiger partial charge in [0, 0.05) is 6.42 Å². The first-order valence-corrected chi connectivity index (χ1v) is 5.62. The van der Waals surface area contributed by atoms with Gasteiger partial charge < -0.3 is 10.5 Å². The molecule has 1 aromatic carbocycles. The number of nitrogens with two attached hydrogens (primary N) is 1. The highest BCUT2D eigenvalue weighted by Crippen LogP contribution is 2.14. The maximum atomic E-state index is 13.4. The van der Waals surface area contributed by atoms with E-state index in [-0.39, 0.29) is 12.0 Å². The molecule has 1 rings (SSSR count). The topological polar surface area (TPSA) is 52.3 Å². The summed E-state index contributed by atoms with van der Waals surface area (Å²) in [5.74, 6) is -2.56. The van der Waals surface area contributed by atoms with E-state index in [2.05, 4.69) is 0 Å². The van der Waals surface area contributed by atoms with Crippen LogP contribution < -0.4 is 5.73 Å². The number of halogens is 2. The predicted molar refractivity (Wildman–Crippen MR) is 63.9 cm³/mol. The molecule has 0 radical (unpaired) electrons. The molecular weight excluding hydrogens is 240 g/mol. The Morgan fingerprint density at radius 2 is 2.00 bits per heavy atom. The molecule has 100 valence electrons. The number of esters is 1. The molecule has 1 aromatic rings. The summed E-state index contributed by atoms with van der Waals surface area (Å²) in [6.07, 6.45) is -0.0987. The van der Waals surface area contributed by atoms with E-state index in [9.17, 15) is 13.6 Å². The Labute approximate surface area is 105 Å². The maximum absolute atomic E-state index is 13.4. The van der Waals surface area contributed by atoms with Crippen molar-refractivity contribution in [3.8, 4) is 0 Å². The molecule has 0 amide bonds. The van der Waals surface area contributed by atoms with Crippen molar-refractivity contribution in [2.24, 2.45) is 5.73 Å². The van der Waals surface area contributed by atoms with Crippen LogP contribution in [-0.2, 0) is 16.0 Å². The third-order valence-corrected chi connectivity index (χ3v) is 2.18. The van der Waals surface area contributed by atoms with Crippen molar-refractivity contribution in [3.05, 3.63) is 35.4 Å². The highest BCUT2D eigenvalue weighted by atomic mass is 19.2. The predicted octanol–water partition coefficient (Wildman–Crippen LogP) is 2.18. The fourth-order valence-corrected chi connectivity index (χ4v) is 1.40. The Balaban J connectivity index is 2.73. The zero-order chi connectivity index (χ0) is 13.9. The average molecular weight is 257 g/mol. The Kier molecular flexibility index (Phi) is 4.40. The van der Waals surface area contributed by atoms with Crippen molar-refractivity contribution >= 4 is 5.97 Å². The number of hydrogen-bond acceptors (Lipinski definition) is 3. The van der Waals surface area contributed by atoms with E-state index in [1.165, 1.54) is 12.1 Å². The first kappa shape index (κ1) is 14.6. The summed E-state index contributed by atoms with van der Waals surface area (Å²) in [5.41, 5.74) is 5.02. The summed E-state index contributed by atoms with van der Waals surface area (Å²) < 4.78 is 31.4. The molecule has 1 atom stereocenters. The van der Waals surface area contributed by atoms with E-state index in [0.29, 0.717) is 0 Å². The minimum absolute atomic E-state index is 0.0633. The van der Waals surface area contributed by atoms with Gasteiger partial charge in [-0.2, -0.15) is 0 Å². The zero-order valence-corrected chi connectivity index (χ0v) is 10.7. The van der Waals surface area contributed by atoms with Crippen LogP contribution in [0.1, 0.15) is 26.3 Å². The summed E-state index contributed by atoms with van der Waals surface area (Å²) in [5, 5.41) is 0. The fraction of sp³-hybridized carbons (Fsp3) is 0.462. The quantitative estimate of drug-likeness (QED) is 0.844. The molecule has 0 aliphatic carbocycles. The van der Waals surface area contributed by atoms with Gasteiger partial charge in [-0.15, -0.1) is 0 Å². The minimum Gasteiger partial charge on any atom is -0.459 e. The number of benzene rings is 1. The lowest BCUT2D eigenvalue weighted by atomic mass is 10.1. The molecule has 0 saturated carbocycles. The van der Waals surface area contributed by atoms with Crippen LogP contribution in [0.5, 0.6) is 0 Å². The first-order valence-electron chi connectivity index (χ1n) is 5.62. The second-order valence-corrected chi connectivity index (χ2v) is 5.06. The van der Waals surface area contributed by atoms with Gasteiger partial charge in [0.1, 0.15) is 11.6 Å². The highest BCUT2D eigenvalue weighted by molar-refractivity contribution is 5.76. The average Bonchev–Trinajstić information content (AvgIpc) is 2.22. The molecule has 0 spiro atoms. The van der Waals surface area contributed by atoms with Gasteiger partial charge in [-0.3, -0.25) is 4.79 Å². The maximum Gasteiger partial charge on any atom is 0.323 e. The van der Waals surface area contributed by atoms with Crippen LogP contribution in [0.2, 0.25) is 0 Å². The van der Waals surface area contributed by atoms with E-state index in [0.717, 1.165) is 6.07 Å². The number of ether oxygens (including phenoxy) is 1. The Hall–Kier alpha value is -1.49. The van der Waals surface area contributed by atoms with E-state index in [1.807, 2.05) is 0 Å². The molecule has 3 nitrogen and oxygen atoms in total. The van der Waals surface area contributed by atoms with Crippen molar-refractivity contribution in [3.63, 3.8) is 0 Å². The Bertz CT molecular complexity index is 441. The first-order chi connectivity index (χ1) is 8.20. The molecular formula is C13H17F2NO2.